The lowest BCUT2D eigenvalue weighted by Crippen LogP contribution is -2.23. The third kappa shape index (κ3) is 2.30. The number of aromatic nitrogens is 2. The molecule has 4 nitrogen and oxygen atoms in total. The van der Waals surface area contributed by atoms with Crippen molar-refractivity contribution in [3.8, 4) is 0 Å². The summed E-state index contributed by atoms with van der Waals surface area (Å²) in [5, 5.41) is 9.30. The molecular weight excluding hydrogens is 252 g/mol. The van der Waals surface area contributed by atoms with E-state index < -0.39 is 5.97 Å². The highest BCUT2D eigenvalue weighted by atomic mass is 16.4. The number of fused-ring (bicyclic) bond motifs is 1. The van der Waals surface area contributed by atoms with Gasteiger partial charge in [-0.25, -0.2) is 9.78 Å². The first kappa shape index (κ1) is 14.6. The van der Waals surface area contributed by atoms with Gasteiger partial charge in [-0.2, -0.15) is 0 Å². The van der Waals surface area contributed by atoms with E-state index in [-0.39, 0.29) is 17.0 Å². The van der Waals surface area contributed by atoms with Gasteiger partial charge in [-0.1, -0.05) is 33.8 Å². The summed E-state index contributed by atoms with van der Waals surface area (Å²) in [6.45, 7) is 10.8. The SMILES string of the molecule is CCc1nc2c(C(=O)O)cccc2n1C(C)C(C)(C)C. The zero-order chi connectivity index (χ0) is 15.1. The molecule has 1 unspecified atom stereocenters. The molecule has 0 bridgehead atoms. The molecule has 0 spiro atoms. The van der Waals surface area contributed by atoms with E-state index in [1.54, 1.807) is 12.1 Å². The summed E-state index contributed by atoms with van der Waals surface area (Å²) in [7, 11) is 0. The van der Waals surface area contributed by atoms with E-state index in [0.29, 0.717) is 5.52 Å². The molecule has 0 saturated heterocycles. The second-order valence-corrected chi connectivity index (χ2v) is 6.27. The Balaban J connectivity index is 2.77. The van der Waals surface area contributed by atoms with Crippen LogP contribution in [0.4, 0.5) is 0 Å². The molecule has 1 N–H and O–H groups in total. The first-order valence-electron chi connectivity index (χ1n) is 7.00. The van der Waals surface area contributed by atoms with E-state index >= 15 is 0 Å². The van der Waals surface area contributed by atoms with Crippen molar-refractivity contribution in [3.63, 3.8) is 0 Å². The topological polar surface area (TPSA) is 55.1 Å². The standard InChI is InChI=1S/C16H22N2O2/c1-6-13-17-14-11(15(19)20)8-7-9-12(14)18(13)10(2)16(3,4)5/h7-10H,6H2,1-5H3,(H,19,20). The van der Waals surface area contributed by atoms with Crippen LogP contribution in [-0.2, 0) is 6.42 Å². The molecule has 0 saturated carbocycles. The maximum Gasteiger partial charge on any atom is 0.337 e. The van der Waals surface area contributed by atoms with E-state index in [0.717, 1.165) is 17.8 Å². The molecule has 1 aromatic heterocycles. The molecule has 2 aromatic rings. The first-order chi connectivity index (χ1) is 9.27. The normalized spacial score (nSPS) is 13.7. The number of benzene rings is 1. The summed E-state index contributed by atoms with van der Waals surface area (Å²) < 4.78 is 2.18. The minimum atomic E-state index is -0.925. The average molecular weight is 274 g/mol. The van der Waals surface area contributed by atoms with Gasteiger partial charge < -0.3 is 9.67 Å². The van der Waals surface area contributed by atoms with E-state index in [1.807, 2.05) is 13.0 Å². The summed E-state index contributed by atoms with van der Waals surface area (Å²) in [5.41, 5.74) is 1.85. The van der Waals surface area contributed by atoms with Gasteiger partial charge in [-0.3, -0.25) is 0 Å². The van der Waals surface area contributed by atoms with Crippen LogP contribution in [0.5, 0.6) is 0 Å². The number of hydrogen-bond acceptors (Lipinski definition) is 2. The molecular formula is C16H22N2O2. The van der Waals surface area contributed by atoms with Crippen molar-refractivity contribution >= 4 is 17.0 Å². The highest BCUT2D eigenvalue weighted by Gasteiger charge is 2.26. The molecule has 0 aliphatic rings. The van der Waals surface area contributed by atoms with Crippen LogP contribution in [0.2, 0.25) is 0 Å². The second-order valence-electron chi connectivity index (χ2n) is 6.27. The Hall–Kier alpha value is -1.84. The van der Waals surface area contributed by atoms with Gasteiger partial charge in [0, 0.05) is 12.5 Å². The van der Waals surface area contributed by atoms with Gasteiger partial charge in [0.15, 0.2) is 0 Å². The van der Waals surface area contributed by atoms with Crippen LogP contribution in [0.3, 0.4) is 0 Å². The Morgan fingerprint density at radius 3 is 2.55 bits per heavy atom. The number of hydrogen-bond donors (Lipinski definition) is 1. The fourth-order valence-electron chi connectivity index (χ4n) is 2.41. The number of aryl methyl sites for hydroxylation is 1. The van der Waals surface area contributed by atoms with Gasteiger partial charge in [0.1, 0.15) is 11.3 Å². The summed E-state index contributed by atoms with van der Waals surface area (Å²) in [5.74, 6) is 0.0161. The minimum absolute atomic E-state index is 0.0801. The Labute approximate surface area is 119 Å². The van der Waals surface area contributed by atoms with Crippen molar-refractivity contribution in [2.45, 2.75) is 47.1 Å². The van der Waals surface area contributed by atoms with Gasteiger partial charge in [-0.15, -0.1) is 0 Å². The first-order valence-corrected chi connectivity index (χ1v) is 7.00. The summed E-state index contributed by atoms with van der Waals surface area (Å²) in [6, 6.07) is 5.60. The molecule has 108 valence electrons. The molecule has 20 heavy (non-hydrogen) atoms. The van der Waals surface area contributed by atoms with Crippen LogP contribution in [0, 0.1) is 5.41 Å². The molecule has 4 heteroatoms. The van der Waals surface area contributed by atoms with Gasteiger partial charge in [0.2, 0.25) is 0 Å². The quantitative estimate of drug-likeness (QED) is 0.923. The molecule has 0 amide bonds. The lowest BCUT2D eigenvalue weighted by Gasteiger charge is -2.30. The Morgan fingerprint density at radius 2 is 2.05 bits per heavy atom. The number of carboxylic acids is 1. The van der Waals surface area contributed by atoms with Crippen LogP contribution in [0.1, 0.15) is 56.8 Å². The highest BCUT2D eigenvalue weighted by Crippen LogP contribution is 2.34. The number of aromatic carboxylic acids is 1. The number of carbonyl (C=O) groups is 1. The van der Waals surface area contributed by atoms with E-state index in [1.165, 1.54) is 0 Å². The molecule has 0 aliphatic heterocycles. The fourth-order valence-corrected chi connectivity index (χ4v) is 2.41. The van der Waals surface area contributed by atoms with E-state index in [4.69, 9.17) is 0 Å². The third-order valence-corrected chi connectivity index (χ3v) is 3.98. The van der Waals surface area contributed by atoms with Crippen LogP contribution in [-0.4, -0.2) is 20.6 Å². The highest BCUT2D eigenvalue weighted by molar-refractivity contribution is 6.01. The Bertz CT molecular complexity index is 650. The molecule has 0 radical (unpaired) electrons. The van der Waals surface area contributed by atoms with Crippen LogP contribution < -0.4 is 0 Å². The Morgan fingerprint density at radius 1 is 1.40 bits per heavy atom. The largest absolute Gasteiger partial charge is 0.478 e. The van der Waals surface area contributed by atoms with Crippen LogP contribution in [0.25, 0.3) is 11.0 Å². The maximum absolute atomic E-state index is 11.3. The minimum Gasteiger partial charge on any atom is -0.478 e. The molecule has 1 atom stereocenters. The monoisotopic (exact) mass is 274 g/mol. The van der Waals surface area contributed by atoms with Crippen molar-refractivity contribution in [2.24, 2.45) is 5.41 Å². The molecule has 1 aromatic carbocycles. The maximum atomic E-state index is 11.3. The van der Waals surface area contributed by atoms with Crippen LogP contribution in [0.15, 0.2) is 18.2 Å². The number of carboxylic acid groups (broad SMARTS) is 1. The predicted octanol–water partition coefficient (Wildman–Crippen LogP) is 3.90. The van der Waals surface area contributed by atoms with Gasteiger partial charge in [-0.05, 0) is 24.5 Å². The molecule has 0 fully saturated rings. The van der Waals surface area contributed by atoms with Crippen molar-refractivity contribution in [2.75, 3.05) is 0 Å². The zero-order valence-electron chi connectivity index (χ0n) is 12.8. The van der Waals surface area contributed by atoms with Crippen molar-refractivity contribution in [1.29, 1.82) is 0 Å². The molecule has 2 rings (SSSR count). The van der Waals surface area contributed by atoms with Crippen molar-refractivity contribution in [3.05, 3.63) is 29.6 Å². The molecule has 1 heterocycles. The van der Waals surface area contributed by atoms with Gasteiger partial charge >= 0.3 is 5.97 Å². The van der Waals surface area contributed by atoms with E-state index in [2.05, 4.69) is 37.2 Å². The number of para-hydroxylation sites is 1. The number of nitrogens with zero attached hydrogens (tertiary/aromatic N) is 2. The molecule has 0 aliphatic carbocycles. The number of imidazole rings is 1. The average Bonchev–Trinajstić information content (AvgIpc) is 2.74. The predicted molar refractivity (Wildman–Crippen MR) is 80.2 cm³/mol. The summed E-state index contributed by atoms with van der Waals surface area (Å²) in [6.07, 6.45) is 0.786. The zero-order valence-corrected chi connectivity index (χ0v) is 12.8. The lowest BCUT2D eigenvalue weighted by molar-refractivity contribution is 0.0699. The second kappa shape index (κ2) is 4.93. The smallest absolute Gasteiger partial charge is 0.337 e. The third-order valence-electron chi connectivity index (χ3n) is 3.98. The summed E-state index contributed by atoms with van der Waals surface area (Å²) >= 11 is 0. The van der Waals surface area contributed by atoms with Crippen molar-refractivity contribution in [1.82, 2.24) is 9.55 Å². The van der Waals surface area contributed by atoms with E-state index in [9.17, 15) is 9.90 Å². The van der Waals surface area contributed by atoms with Crippen molar-refractivity contribution < 1.29 is 9.90 Å². The number of rotatable bonds is 3. The summed E-state index contributed by atoms with van der Waals surface area (Å²) in [4.78, 5) is 15.9. The van der Waals surface area contributed by atoms with Gasteiger partial charge in [0.25, 0.3) is 0 Å². The van der Waals surface area contributed by atoms with Gasteiger partial charge in [0.05, 0.1) is 11.1 Å². The van der Waals surface area contributed by atoms with Crippen LogP contribution >= 0.6 is 0 Å². The Kier molecular flexibility index (Phi) is 3.59. The lowest BCUT2D eigenvalue weighted by atomic mass is 9.87. The fraction of sp³-hybridized carbons (Fsp3) is 0.500.